The Hall–Kier alpha value is -4.14. The van der Waals surface area contributed by atoms with E-state index in [-0.39, 0.29) is 27.2 Å². The molecular weight excluding hydrogens is 643 g/mol. The molecule has 3 aromatic rings. The summed E-state index contributed by atoms with van der Waals surface area (Å²) in [5.74, 6) is 0.487. The molecule has 0 radical (unpaired) electrons. The van der Waals surface area contributed by atoms with Gasteiger partial charge in [0.25, 0.3) is 0 Å². The SMILES string of the molecule is C1=CCC2C(=C1)N=Cc1ccccc12.N.O=C([O-])Nc1cccnc1.O=C([O-])Nc1cccnc1.[Pt+2]. The number of pyridine rings is 2. The van der Waals surface area contributed by atoms with Gasteiger partial charge < -0.3 is 36.6 Å². The fraction of sp³-hybridized carbons (Fsp3) is 0.0800. The van der Waals surface area contributed by atoms with E-state index >= 15 is 0 Å². The molecule has 1 unspecified atom stereocenters. The predicted octanol–water partition coefficient (Wildman–Crippen LogP) is 2.88. The van der Waals surface area contributed by atoms with Gasteiger partial charge in [0.2, 0.25) is 0 Å². The number of carboxylic acid groups (broad SMARTS) is 2. The number of aromatic nitrogens is 2. The quantitative estimate of drug-likeness (QED) is 0.376. The van der Waals surface area contributed by atoms with Crippen molar-refractivity contribution in [2.75, 3.05) is 10.6 Å². The molecule has 1 aromatic carbocycles. The number of carbonyl (C=O) groups excluding carboxylic acids is 2. The number of hydrogen-bond acceptors (Lipinski definition) is 8. The molecule has 2 aliphatic rings. The Labute approximate surface area is 222 Å². The van der Waals surface area contributed by atoms with Crippen LogP contribution in [0.1, 0.15) is 23.5 Å². The van der Waals surface area contributed by atoms with Crippen LogP contribution in [-0.2, 0) is 21.1 Å². The van der Waals surface area contributed by atoms with Crippen LogP contribution in [0.2, 0.25) is 0 Å². The number of anilines is 2. The zero-order valence-corrected chi connectivity index (χ0v) is 21.3. The molecule has 11 heteroatoms. The maximum Gasteiger partial charge on any atom is 2.00 e. The van der Waals surface area contributed by atoms with Gasteiger partial charge in [0, 0.05) is 30.2 Å². The first-order valence-electron chi connectivity index (χ1n) is 10.3. The van der Waals surface area contributed by atoms with E-state index in [1.54, 1.807) is 36.7 Å². The number of nitrogens with zero attached hydrogens (tertiary/aromatic N) is 3. The van der Waals surface area contributed by atoms with Crippen LogP contribution in [0.15, 0.2) is 102 Å². The first kappa shape index (κ1) is 29.9. The van der Waals surface area contributed by atoms with E-state index in [0.717, 1.165) is 6.42 Å². The normalized spacial score (nSPS) is 13.7. The largest absolute Gasteiger partial charge is 2.00 e. The molecule has 2 amide bonds. The van der Waals surface area contributed by atoms with Crippen LogP contribution in [0.4, 0.5) is 21.0 Å². The summed E-state index contributed by atoms with van der Waals surface area (Å²) in [6.45, 7) is 0. The fourth-order valence-corrected chi connectivity index (χ4v) is 3.24. The van der Waals surface area contributed by atoms with Gasteiger partial charge in [-0.1, -0.05) is 36.4 Å². The molecule has 188 valence electrons. The second-order valence-electron chi connectivity index (χ2n) is 7.00. The third-order valence-electron chi connectivity index (χ3n) is 4.67. The van der Waals surface area contributed by atoms with Gasteiger partial charge in [-0.2, -0.15) is 0 Å². The van der Waals surface area contributed by atoms with Crippen molar-refractivity contribution in [1.82, 2.24) is 16.1 Å². The van der Waals surface area contributed by atoms with Gasteiger partial charge in [0.15, 0.2) is 0 Å². The molecule has 10 nitrogen and oxygen atoms in total. The Morgan fingerprint density at radius 1 is 0.861 bits per heavy atom. The molecule has 0 saturated carbocycles. The Kier molecular flexibility index (Phi) is 13.0. The second-order valence-corrected chi connectivity index (χ2v) is 7.00. The third-order valence-corrected chi connectivity index (χ3v) is 4.67. The number of rotatable bonds is 2. The number of carbonyl (C=O) groups is 2. The Morgan fingerprint density at radius 2 is 1.44 bits per heavy atom. The number of amides is 2. The molecule has 0 spiro atoms. The minimum atomic E-state index is -1.33. The maximum absolute atomic E-state index is 9.92. The van der Waals surface area contributed by atoms with Crippen molar-refractivity contribution in [3.05, 3.63) is 108 Å². The number of hydrogen-bond donors (Lipinski definition) is 3. The molecule has 1 atom stereocenters. The average Bonchev–Trinajstić information content (AvgIpc) is 2.85. The molecule has 1 aliphatic heterocycles. The van der Waals surface area contributed by atoms with Gasteiger partial charge in [0.05, 0.1) is 23.8 Å². The number of allylic oxidation sites excluding steroid dienone is 4. The van der Waals surface area contributed by atoms with Crippen LogP contribution in [0.5, 0.6) is 0 Å². The van der Waals surface area contributed by atoms with Crippen molar-refractivity contribution in [2.45, 2.75) is 12.3 Å². The topological polar surface area (TPSA) is 177 Å². The average molecular weight is 668 g/mol. The molecular formula is C25H24N6O4Pt. The minimum absolute atomic E-state index is 0. The van der Waals surface area contributed by atoms with Gasteiger partial charge >= 0.3 is 21.1 Å². The van der Waals surface area contributed by atoms with Crippen molar-refractivity contribution in [3.8, 4) is 0 Å². The van der Waals surface area contributed by atoms with Crippen LogP contribution in [0.3, 0.4) is 0 Å². The number of fused-ring (bicyclic) bond motifs is 3. The van der Waals surface area contributed by atoms with Crippen molar-refractivity contribution >= 4 is 29.8 Å². The van der Waals surface area contributed by atoms with Crippen LogP contribution in [0.25, 0.3) is 0 Å². The van der Waals surface area contributed by atoms with E-state index < -0.39 is 12.2 Å². The van der Waals surface area contributed by atoms with Gasteiger partial charge in [0.1, 0.15) is 12.2 Å². The number of nitrogens with one attached hydrogen (secondary N) is 2. The minimum Gasteiger partial charge on any atom is -0.530 e. The number of benzene rings is 1. The first-order valence-corrected chi connectivity index (χ1v) is 10.3. The Bertz CT molecular complexity index is 1150. The smallest absolute Gasteiger partial charge is 0.530 e. The van der Waals surface area contributed by atoms with Crippen molar-refractivity contribution in [2.24, 2.45) is 4.99 Å². The van der Waals surface area contributed by atoms with Crippen molar-refractivity contribution in [3.63, 3.8) is 0 Å². The molecule has 3 heterocycles. The molecule has 5 rings (SSSR count). The summed E-state index contributed by atoms with van der Waals surface area (Å²) >= 11 is 0. The summed E-state index contributed by atoms with van der Waals surface area (Å²) in [5, 5.41) is 23.9. The second kappa shape index (κ2) is 15.7. The van der Waals surface area contributed by atoms with E-state index in [1.807, 2.05) is 16.8 Å². The van der Waals surface area contributed by atoms with Gasteiger partial charge in [-0.25, -0.2) is 0 Å². The standard InChI is InChI=1S/C13H11N.2C6H6N2O2.H3N.Pt/c1-2-6-11-10(5-1)9-14-13-8-4-3-7-12(11)13;2*9-6(10)8-5-2-1-3-7-4-5;;/h1-6,8-9,12H,7H2;2*1-4,8H,(H,9,10);1H3;/q;;;;+2/p-2. The van der Waals surface area contributed by atoms with E-state index in [9.17, 15) is 19.8 Å². The van der Waals surface area contributed by atoms with E-state index in [4.69, 9.17) is 0 Å². The van der Waals surface area contributed by atoms with E-state index in [1.165, 1.54) is 29.2 Å². The molecule has 36 heavy (non-hydrogen) atoms. The van der Waals surface area contributed by atoms with E-state index in [0.29, 0.717) is 17.3 Å². The summed E-state index contributed by atoms with van der Waals surface area (Å²) in [6.07, 6.45) is 12.7. The number of aliphatic imine (C=N–C) groups is 1. The van der Waals surface area contributed by atoms with Crippen LogP contribution < -0.4 is 27.0 Å². The molecule has 0 fully saturated rings. The fourth-order valence-electron chi connectivity index (χ4n) is 3.24. The molecule has 0 saturated heterocycles. The van der Waals surface area contributed by atoms with Gasteiger partial charge in [-0.3, -0.25) is 15.0 Å². The van der Waals surface area contributed by atoms with Gasteiger partial charge in [-0.05, 0) is 47.9 Å². The zero-order chi connectivity index (χ0) is 24.2. The van der Waals surface area contributed by atoms with Gasteiger partial charge in [-0.15, -0.1) is 0 Å². The monoisotopic (exact) mass is 667 g/mol. The van der Waals surface area contributed by atoms with E-state index in [2.05, 4.69) is 57.5 Å². The van der Waals surface area contributed by atoms with Crippen LogP contribution in [0, 0.1) is 0 Å². The molecule has 2 aromatic heterocycles. The summed E-state index contributed by atoms with van der Waals surface area (Å²) in [4.78, 5) is 31.7. The van der Waals surface area contributed by atoms with Crippen molar-refractivity contribution < 1.29 is 40.9 Å². The third kappa shape index (κ3) is 9.61. The summed E-state index contributed by atoms with van der Waals surface area (Å²) in [6, 6.07) is 14.9. The summed E-state index contributed by atoms with van der Waals surface area (Å²) < 4.78 is 0. The zero-order valence-electron chi connectivity index (χ0n) is 19.0. The Morgan fingerprint density at radius 3 is 1.97 bits per heavy atom. The maximum atomic E-state index is 9.92. The van der Waals surface area contributed by atoms with Crippen molar-refractivity contribution in [1.29, 1.82) is 0 Å². The summed E-state index contributed by atoms with van der Waals surface area (Å²) in [7, 11) is 0. The predicted molar refractivity (Wildman–Crippen MR) is 130 cm³/mol. The molecule has 5 N–H and O–H groups in total. The Balaban J connectivity index is 0.000000269. The molecule has 0 bridgehead atoms. The van der Waals surface area contributed by atoms with Crippen LogP contribution in [-0.4, -0.2) is 28.4 Å². The first-order chi connectivity index (χ1) is 16.5. The van der Waals surface area contributed by atoms with Crippen LogP contribution >= 0.6 is 0 Å². The summed E-state index contributed by atoms with van der Waals surface area (Å²) in [5.41, 5.74) is 4.72. The molecule has 1 aliphatic carbocycles.